The largest absolute Gasteiger partial charge is 0.379 e. The zero-order valence-corrected chi connectivity index (χ0v) is 20.7. The van der Waals surface area contributed by atoms with Crippen molar-refractivity contribution in [3.05, 3.63) is 70.3 Å². The van der Waals surface area contributed by atoms with Gasteiger partial charge in [-0.15, -0.1) is 24.0 Å². The van der Waals surface area contributed by atoms with Gasteiger partial charge in [-0.3, -0.25) is 9.89 Å². The van der Waals surface area contributed by atoms with E-state index in [1.54, 1.807) is 0 Å². The zero-order valence-electron chi connectivity index (χ0n) is 18.4. The van der Waals surface area contributed by atoms with E-state index in [4.69, 9.17) is 4.74 Å². The van der Waals surface area contributed by atoms with Crippen molar-refractivity contribution >= 4 is 29.9 Å². The molecule has 1 heterocycles. The van der Waals surface area contributed by atoms with E-state index >= 15 is 0 Å². The van der Waals surface area contributed by atoms with Crippen LogP contribution in [0, 0.1) is 13.8 Å². The quantitative estimate of drug-likeness (QED) is 0.331. The first-order valence-corrected chi connectivity index (χ1v) is 10.5. The highest BCUT2D eigenvalue weighted by Crippen LogP contribution is 2.13. The van der Waals surface area contributed by atoms with Crippen molar-refractivity contribution < 1.29 is 4.74 Å². The van der Waals surface area contributed by atoms with Crippen LogP contribution in [0.2, 0.25) is 0 Å². The van der Waals surface area contributed by atoms with Crippen LogP contribution in [0.1, 0.15) is 27.8 Å². The molecule has 2 aromatic carbocycles. The molecule has 0 aromatic heterocycles. The summed E-state index contributed by atoms with van der Waals surface area (Å²) in [7, 11) is 1.83. The molecule has 0 unspecified atom stereocenters. The number of nitrogens with one attached hydrogen (secondary N) is 2. The molecule has 164 valence electrons. The third-order valence-electron chi connectivity index (χ3n) is 5.47. The van der Waals surface area contributed by atoms with Crippen LogP contribution in [0.4, 0.5) is 0 Å². The number of nitrogens with zero attached hydrogens (tertiary/aromatic N) is 2. The minimum atomic E-state index is 0. The van der Waals surface area contributed by atoms with Crippen LogP contribution in [-0.2, 0) is 24.2 Å². The zero-order chi connectivity index (χ0) is 20.5. The van der Waals surface area contributed by atoms with Gasteiger partial charge in [0.1, 0.15) is 0 Å². The number of halogens is 1. The summed E-state index contributed by atoms with van der Waals surface area (Å²) in [5, 5.41) is 6.91. The average Bonchev–Trinajstić information content (AvgIpc) is 2.73. The van der Waals surface area contributed by atoms with Gasteiger partial charge in [0.2, 0.25) is 0 Å². The Morgan fingerprint density at radius 1 is 1.00 bits per heavy atom. The van der Waals surface area contributed by atoms with Crippen LogP contribution in [-0.4, -0.2) is 50.8 Å². The highest BCUT2D eigenvalue weighted by Gasteiger charge is 2.12. The van der Waals surface area contributed by atoms with E-state index in [2.05, 4.69) is 76.8 Å². The maximum Gasteiger partial charge on any atom is 0.191 e. The van der Waals surface area contributed by atoms with Crippen molar-refractivity contribution in [3.8, 4) is 0 Å². The second kappa shape index (κ2) is 12.9. The summed E-state index contributed by atoms with van der Waals surface area (Å²) in [6, 6.07) is 15.3. The SMILES string of the molecule is CN=C(NCCc1ccc(C)cc1C)NCc1ccccc1CN1CCOCC1.I. The molecule has 1 aliphatic heterocycles. The molecule has 0 spiro atoms. The van der Waals surface area contributed by atoms with E-state index in [1.807, 2.05) is 7.05 Å². The Morgan fingerprint density at radius 2 is 1.73 bits per heavy atom. The summed E-state index contributed by atoms with van der Waals surface area (Å²) in [6.45, 7) is 10.6. The molecular weight excluding hydrogens is 487 g/mol. The first kappa shape index (κ1) is 24.6. The number of hydrogen-bond donors (Lipinski definition) is 2. The molecule has 5 nitrogen and oxygen atoms in total. The van der Waals surface area contributed by atoms with Gasteiger partial charge in [-0.25, -0.2) is 0 Å². The molecule has 1 aliphatic rings. The normalized spacial score (nSPS) is 14.8. The van der Waals surface area contributed by atoms with Gasteiger partial charge in [0, 0.05) is 39.8 Å². The molecule has 0 amide bonds. The maximum atomic E-state index is 5.47. The van der Waals surface area contributed by atoms with Crippen molar-refractivity contribution in [1.29, 1.82) is 0 Å². The number of guanidine groups is 1. The van der Waals surface area contributed by atoms with E-state index in [1.165, 1.54) is 27.8 Å². The number of ether oxygens (including phenoxy) is 1. The van der Waals surface area contributed by atoms with Crippen LogP contribution in [0.25, 0.3) is 0 Å². The standard InChI is InChI=1S/C24H34N4O.HI/c1-19-8-9-21(20(2)16-19)10-11-26-24(25-3)27-17-22-6-4-5-7-23(22)18-28-12-14-29-15-13-28;/h4-9,16H,10-15,17-18H2,1-3H3,(H2,25,26,27);1H. The second-order valence-electron chi connectivity index (χ2n) is 7.69. The van der Waals surface area contributed by atoms with Crippen molar-refractivity contribution in [2.75, 3.05) is 39.9 Å². The Labute approximate surface area is 198 Å². The number of benzene rings is 2. The van der Waals surface area contributed by atoms with E-state index < -0.39 is 0 Å². The molecule has 0 bridgehead atoms. The topological polar surface area (TPSA) is 48.9 Å². The molecule has 0 saturated carbocycles. The van der Waals surface area contributed by atoms with Gasteiger partial charge in [-0.2, -0.15) is 0 Å². The molecule has 2 N–H and O–H groups in total. The third kappa shape index (κ3) is 7.56. The number of hydrogen-bond acceptors (Lipinski definition) is 3. The highest BCUT2D eigenvalue weighted by molar-refractivity contribution is 14.0. The summed E-state index contributed by atoms with van der Waals surface area (Å²) >= 11 is 0. The van der Waals surface area contributed by atoms with Crippen molar-refractivity contribution in [2.24, 2.45) is 4.99 Å². The first-order chi connectivity index (χ1) is 14.2. The summed E-state index contributed by atoms with van der Waals surface area (Å²) in [5.74, 6) is 0.843. The molecule has 6 heteroatoms. The van der Waals surface area contributed by atoms with E-state index in [-0.39, 0.29) is 24.0 Å². The van der Waals surface area contributed by atoms with Crippen molar-refractivity contribution in [1.82, 2.24) is 15.5 Å². The van der Waals surface area contributed by atoms with Crippen LogP contribution >= 0.6 is 24.0 Å². The van der Waals surface area contributed by atoms with Crippen LogP contribution in [0.3, 0.4) is 0 Å². The lowest BCUT2D eigenvalue weighted by Crippen LogP contribution is -2.38. The van der Waals surface area contributed by atoms with Gasteiger partial charge in [-0.05, 0) is 42.5 Å². The lowest BCUT2D eigenvalue weighted by atomic mass is 10.0. The molecule has 3 rings (SSSR count). The molecular formula is C24H35IN4O. The van der Waals surface area contributed by atoms with E-state index in [0.29, 0.717) is 0 Å². The number of rotatable bonds is 7. The van der Waals surface area contributed by atoms with Gasteiger partial charge in [0.15, 0.2) is 5.96 Å². The lowest BCUT2D eigenvalue weighted by Gasteiger charge is -2.27. The Kier molecular flexibility index (Phi) is 10.6. The molecule has 2 aromatic rings. The Morgan fingerprint density at radius 3 is 2.43 bits per heavy atom. The molecule has 0 aliphatic carbocycles. The van der Waals surface area contributed by atoms with Gasteiger partial charge in [0.25, 0.3) is 0 Å². The van der Waals surface area contributed by atoms with Crippen LogP contribution < -0.4 is 10.6 Å². The predicted octanol–water partition coefficient (Wildman–Crippen LogP) is 3.66. The van der Waals surface area contributed by atoms with Crippen LogP contribution in [0.15, 0.2) is 47.5 Å². The van der Waals surface area contributed by atoms with Gasteiger partial charge < -0.3 is 15.4 Å². The highest BCUT2D eigenvalue weighted by atomic mass is 127. The van der Waals surface area contributed by atoms with Crippen molar-refractivity contribution in [3.63, 3.8) is 0 Å². The van der Waals surface area contributed by atoms with Gasteiger partial charge in [0.05, 0.1) is 13.2 Å². The third-order valence-corrected chi connectivity index (χ3v) is 5.47. The second-order valence-corrected chi connectivity index (χ2v) is 7.69. The van der Waals surface area contributed by atoms with E-state index in [0.717, 1.165) is 58.3 Å². The fraction of sp³-hybridized carbons (Fsp3) is 0.458. The summed E-state index contributed by atoms with van der Waals surface area (Å²) in [6.07, 6.45) is 0.987. The molecule has 1 saturated heterocycles. The minimum Gasteiger partial charge on any atom is -0.379 e. The number of aliphatic imine (C=N–C) groups is 1. The van der Waals surface area contributed by atoms with Crippen molar-refractivity contribution in [2.45, 2.75) is 33.4 Å². The Bertz CT molecular complexity index is 819. The molecule has 1 fully saturated rings. The van der Waals surface area contributed by atoms with E-state index in [9.17, 15) is 0 Å². The minimum absolute atomic E-state index is 0. The van der Waals surface area contributed by atoms with Gasteiger partial charge >= 0.3 is 0 Å². The molecule has 30 heavy (non-hydrogen) atoms. The predicted molar refractivity (Wildman–Crippen MR) is 136 cm³/mol. The molecule has 0 radical (unpaired) electrons. The summed E-state index contributed by atoms with van der Waals surface area (Å²) < 4.78 is 5.47. The number of morpholine rings is 1. The monoisotopic (exact) mass is 522 g/mol. The number of aryl methyl sites for hydroxylation is 2. The molecule has 0 atom stereocenters. The smallest absolute Gasteiger partial charge is 0.191 e. The first-order valence-electron chi connectivity index (χ1n) is 10.5. The average molecular weight is 522 g/mol. The lowest BCUT2D eigenvalue weighted by molar-refractivity contribution is 0.0341. The summed E-state index contributed by atoms with van der Waals surface area (Å²) in [5.41, 5.74) is 6.73. The summed E-state index contributed by atoms with van der Waals surface area (Å²) in [4.78, 5) is 6.84. The van der Waals surface area contributed by atoms with Crippen LogP contribution in [0.5, 0.6) is 0 Å². The fourth-order valence-electron chi connectivity index (χ4n) is 3.73. The Hall–Kier alpha value is -1.64. The fourth-order valence-corrected chi connectivity index (χ4v) is 3.73. The van der Waals surface area contributed by atoms with Gasteiger partial charge in [-0.1, -0.05) is 48.0 Å². The Balaban J connectivity index is 0.00000320. The maximum absolute atomic E-state index is 5.47.